The number of carbonyl (C=O) groups is 1. The Balaban J connectivity index is 2.67. The van der Waals surface area contributed by atoms with Gasteiger partial charge in [0, 0.05) is 0 Å². The molecule has 2 rings (SSSR count). The smallest absolute Gasteiger partial charge is 0.338 e. The van der Waals surface area contributed by atoms with Crippen LogP contribution in [0.1, 0.15) is 22.0 Å². The Labute approximate surface area is 96.5 Å². The average molecular weight is 235 g/mol. The summed E-state index contributed by atoms with van der Waals surface area (Å²) in [5.41, 5.74) is 0.162. The number of aromatic nitrogens is 3. The molecule has 88 valence electrons. The molecule has 2 aromatic rings. The number of aromatic carboxylic acids is 1. The van der Waals surface area contributed by atoms with Crippen molar-refractivity contribution in [3.05, 3.63) is 41.2 Å². The maximum atomic E-state index is 13.0. The minimum Gasteiger partial charge on any atom is -0.478 e. The summed E-state index contributed by atoms with van der Waals surface area (Å²) >= 11 is 0. The fourth-order valence-electron chi connectivity index (χ4n) is 1.61. The Kier molecular flexibility index (Phi) is 2.63. The molecule has 1 aromatic heterocycles. The van der Waals surface area contributed by atoms with E-state index >= 15 is 0 Å². The van der Waals surface area contributed by atoms with Gasteiger partial charge in [-0.05, 0) is 32.0 Å². The van der Waals surface area contributed by atoms with E-state index in [2.05, 4.69) is 10.1 Å². The van der Waals surface area contributed by atoms with E-state index in [1.165, 1.54) is 16.8 Å². The summed E-state index contributed by atoms with van der Waals surface area (Å²) < 4.78 is 14.4. The Morgan fingerprint density at radius 1 is 1.41 bits per heavy atom. The molecule has 0 saturated heterocycles. The van der Waals surface area contributed by atoms with Gasteiger partial charge < -0.3 is 5.11 Å². The molecular weight excluding hydrogens is 225 g/mol. The first-order valence-corrected chi connectivity index (χ1v) is 4.92. The minimum absolute atomic E-state index is 0.141. The van der Waals surface area contributed by atoms with E-state index in [0.717, 1.165) is 6.07 Å². The maximum absolute atomic E-state index is 13.0. The Morgan fingerprint density at radius 2 is 2.12 bits per heavy atom. The van der Waals surface area contributed by atoms with Gasteiger partial charge in [-0.3, -0.25) is 0 Å². The van der Waals surface area contributed by atoms with Crippen LogP contribution in [0, 0.1) is 19.7 Å². The lowest BCUT2D eigenvalue weighted by Gasteiger charge is -2.06. The molecule has 1 aromatic carbocycles. The zero-order chi connectivity index (χ0) is 12.6. The standard InChI is InChI=1S/C11H10FN3O2/c1-6-13-7(2)15(14-6)10-4-3-8(12)5-9(10)11(16)17/h3-5H,1-2H3,(H,16,17). The van der Waals surface area contributed by atoms with Gasteiger partial charge in [0.15, 0.2) is 0 Å². The summed E-state index contributed by atoms with van der Waals surface area (Å²) in [6, 6.07) is 3.53. The van der Waals surface area contributed by atoms with Crippen molar-refractivity contribution in [1.29, 1.82) is 0 Å². The van der Waals surface area contributed by atoms with Crippen LogP contribution in [0.25, 0.3) is 5.69 Å². The monoisotopic (exact) mass is 235 g/mol. The van der Waals surface area contributed by atoms with E-state index in [9.17, 15) is 9.18 Å². The summed E-state index contributed by atoms with van der Waals surface area (Å²) in [4.78, 5) is 15.1. The minimum atomic E-state index is -1.20. The summed E-state index contributed by atoms with van der Waals surface area (Å²) in [5, 5.41) is 13.1. The molecule has 0 saturated carbocycles. The molecule has 0 amide bonds. The molecule has 1 N–H and O–H groups in total. The zero-order valence-electron chi connectivity index (χ0n) is 9.31. The molecule has 1 heterocycles. The molecule has 0 unspecified atom stereocenters. The van der Waals surface area contributed by atoms with Gasteiger partial charge in [0.05, 0.1) is 11.3 Å². The van der Waals surface area contributed by atoms with Crippen LogP contribution in [-0.2, 0) is 0 Å². The van der Waals surface area contributed by atoms with Crippen LogP contribution in [0.15, 0.2) is 18.2 Å². The first-order valence-electron chi connectivity index (χ1n) is 4.92. The second kappa shape index (κ2) is 3.97. The fraction of sp³-hybridized carbons (Fsp3) is 0.182. The number of hydrogen-bond donors (Lipinski definition) is 1. The largest absolute Gasteiger partial charge is 0.478 e. The van der Waals surface area contributed by atoms with Crippen molar-refractivity contribution < 1.29 is 14.3 Å². The van der Waals surface area contributed by atoms with Gasteiger partial charge in [-0.1, -0.05) is 0 Å². The highest BCUT2D eigenvalue weighted by molar-refractivity contribution is 5.91. The number of carboxylic acids is 1. The number of aryl methyl sites for hydroxylation is 2. The second-order valence-electron chi connectivity index (χ2n) is 3.58. The van der Waals surface area contributed by atoms with Crippen LogP contribution in [0.5, 0.6) is 0 Å². The van der Waals surface area contributed by atoms with Gasteiger partial charge in [-0.2, -0.15) is 5.10 Å². The van der Waals surface area contributed by atoms with Gasteiger partial charge in [0.25, 0.3) is 0 Å². The highest BCUT2D eigenvalue weighted by Gasteiger charge is 2.15. The van der Waals surface area contributed by atoms with Gasteiger partial charge >= 0.3 is 5.97 Å². The summed E-state index contributed by atoms with van der Waals surface area (Å²) in [5.74, 6) is -0.715. The van der Waals surface area contributed by atoms with Crippen molar-refractivity contribution in [2.75, 3.05) is 0 Å². The molecule has 0 bridgehead atoms. The first kappa shape index (κ1) is 11.3. The maximum Gasteiger partial charge on any atom is 0.338 e. The summed E-state index contributed by atoms with van der Waals surface area (Å²) in [7, 11) is 0. The fourth-order valence-corrected chi connectivity index (χ4v) is 1.61. The molecule has 0 fully saturated rings. The van der Waals surface area contributed by atoms with Crippen molar-refractivity contribution in [2.24, 2.45) is 0 Å². The predicted molar refractivity (Wildman–Crippen MR) is 57.8 cm³/mol. The lowest BCUT2D eigenvalue weighted by molar-refractivity contribution is 0.0696. The number of carboxylic acid groups (broad SMARTS) is 1. The quantitative estimate of drug-likeness (QED) is 0.860. The van der Waals surface area contributed by atoms with Crippen LogP contribution in [0.4, 0.5) is 4.39 Å². The van der Waals surface area contributed by atoms with Crippen LogP contribution in [-0.4, -0.2) is 25.8 Å². The molecular formula is C11H10FN3O2. The second-order valence-corrected chi connectivity index (χ2v) is 3.58. The van der Waals surface area contributed by atoms with E-state index in [-0.39, 0.29) is 5.56 Å². The molecule has 0 atom stereocenters. The molecule has 0 aliphatic heterocycles. The third-order valence-electron chi connectivity index (χ3n) is 2.29. The van der Waals surface area contributed by atoms with E-state index in [0.29, 0.717) is 17.3 Å². The molecule has 0 aliphatic rings. The van der Waals surface area contributed by atoms with Gasteiger partial charge in [0.1, 0.15) is 17.5 Å². The predicted octanol–water partition coefficient (Wildman–Crippen LogP) is 1.72. The number of benzene rings is 1. The van der Waals surface area contributed by atoms with Crippen molar-refractivity contribution in [2.45, 2.75) is 13.8 Å². The lowest BCUT2D eigenvalue weighted by Crippen LogP contribution is -2.08. The molecule has 5 nitrogen and oxygen atoms in total. The highest BCUT2D eigenvalue weighted by atomic mass is 19.1. The highest BCUT2D eigenvalue weighted by Crippen LogP contribution is 2.17. The van der Waals surface area contributed by atoms with Crippen LogP contribution in [0.2, 0.25) is 0 Å². The number of halogens is 1. The molecule has 6 heteroatoms. The van der Waals surface area contributed by atoms with Crippen LogP contribution < -0.4 is 0 Å². The molecule has 0 spiro atoms. The van der Waals surface area contributed by atoms with Crippen LogP contribution >= 0.6 is 0 Å². The molecule has 0 aliphatic carbocycles. The third kappa shape index (κ3) is 2.01. The molecule has 0 radical (unpaired) electrons. The van der Waals surface area contributed by atoms with Gasteiger partial charge in [-0.25, -0.2) is 18.9 Å². The SMILES string of the molecule is Cc1nc(C)n(-c2ccc(F)cc2C(=O)O)n1. The number of nitrogens with zero attached hydrogens (tertiary/aromatic N) is 3. The van der Waals surface area contributed by atoms with Crippen molar-refractivity contribution in [3.63, 3.8) is 0 Å². The lowest BCUT2D eigenvalue weighted by atomic mass is 10.1. The summed E-state index contributed by atoms with van der Waals surface area (Å²) in [6.45, 7) is 3.41. The summed E-state index contributed by atoms with van der Waals surface area (Å²) in [6.07, 6.45) is 0. The van der Waals surface area contributed by atoms with E-state index in [4.69, 9.17) is 5.11 Å². The van der Waals surface area contributed by atoms with E-state index < -0.39 is 11.8 Å². The van der Waals surface area contributed by atoms with Gasteiger partial charge in [0.2, 0.25) is 0 Å². The Bertz CT molecular complexity index is 592. The zero-order valence-corrected chi connectivity index (χ0v) is 9.31. The van der Waals surface area contributed by atoms with E-state index in [1.807, 2.05) is 0 Å². The number of rotatable bonds is 2. The first-order chi connectivity index (χ1) is 7.99. The van der Waals surface area contributed by atoms with E-state index in [1.54, 1.807) is 13.8 Å². The van der Waals surface area contributed by atoms with Gasteiger partial charge in [-0.15, -0.1) is 0 Å². The normalized spacial score (nSPS) is 10.5. The van der Waals surface area contributed by atoms with Crippen molar-refractivity contribution >= 4 is 5.97 Å². The Morgan fingerprint density at radius 3 is 2.65 bits per heavy atom. The van der Waals surface area contributed by atoms with Crippen LogP contribution in [0.3, 0.4) is 0 Å². The average Bonchev–Trinajstić information content (AvgIpc) is 2.57. The topological polar surface area (TPSA) is 68.0 Å². The molecule has 17 heavy (non-hydrogen) atoms. The third-order valence-corrected chi connectivity index (χ3v) is 2.29. The van der Waals surface area contributed by atoms with Crippen molar-refractivity contribution in [3.8, 4) is 5.69 Å². The Hall–Kier alpha value is -2.24. The van der Waals surface area contributed by atoms with Crippen molar-refractivity contribution in [1.82, 2.24) is 14.8 Å². The number of hydrogen-bond acceptors (Lipinski definition) is 3.